The predicted octanol–water partition coefficient (Wildman–Crippen LogP) is 3.15. The number of rotatable bonds is 3. The molecular formula is C17H24IN5. The van der Waals surface area contributed by atoms with Gasteiger partial charge >= 0.3 is 0 Å². The fraction of sp³-hybridized carbons (Fsp3) is 0.412. The van der Waals surface area contributed by atoms with Crippen molar-refractivity contribution in [2.45, 2.75) is 39.2 Å². The van der Waals surface area contributed by atoms with E-state index in [-0.39, 0.29) is 24.0 Å². The van der Waals surface area contributed by atoms with Crippen LogP contribution in [0.4, 0.5) is 5.69 Å². The first-order valence-electron chi connectivity index (χ1n) is 7.80. The van der Waals surface area contributed by atoms with E-state index in [9.17, 15) is 0 Å². The number of nitrogens with zero attached hydrogens (tertiary/aromatic N) is 3. The summed E-state index contributed by atoms with van der Waals surface area (Å²) in [5, 5.41) is 7.75. The van der Waals surface area contributed by atoms with Gasteiger partial charge in [-0.25, -0.2) is 4.99 Å². The Morgan fingerprint density at radius 2 is 2.13 bits per heavy atom. The number of benzene rings is 1. The average Bonchev–Trinajstić information content (AvgIpc) is 2.80. The molecule has 0 unspecified atom stereocenters. The van der Waals surface area contributed by atoms with Gasteiger partial charge in [0.1, 0.15) is 0 Å². The van der Waals surface area contributed by atoms with Gasteiger partial charge in [0.15, 0.2) is 5.96 Å². The molecule has 0 bridgehead atoms. The molecule has 0 aliphatic heterocycles. The maximum Gasteiger partial charge on any atom is 0.193 e. The smallest absolute Gasteiger partial charge is 0.193 e. The third-order valence-corrected chi connectivity index (χ3v) is 4.14. The molecule has 1 aromatic heterocycles. The van der Waals surface area contributed by atoms with E-state index in [0.29, 0.717) is 12.5 Å². The lowest BCUT2D eigenvalue weighted by atomic mass is 9.96. The molecular weight excluding hydrogens is 401 g/mol. The lowest BCUT2D eigenvalue weighted by Crippen LogP contribution is -2.23. The number of hydrogen-bond acceptors (Lipinski definition) is 2. The number of aromatic nitrogens is 2. The molecule has 124 valence electrons. The van der Waals surface area contributed by atoms with Crippen LogP contribution < -0.4 is 11.1 Å². The Morgan fingerprint density at radius 1 is 1.35 bits per heavy atom. The van der Waals surface area contributed by atoms with Crippen LogP contribution in [0, 0.1) is 6.92 Å². The number of halogens is 1. The summed E-state index contributed by atoms with van der Waals surface area (Å²) < 4.78 is 1.96. The first-order valence-corrected chi connectivity index (χ1v) is 7.80. The Labute approximate surface area is 154 Å². The average molecular weight is 425 g/mol. The van der Waals surface area contributed by atoms with Gasteiger partial charge in [-0.2, -0.15) is 5.10 Å². The summed E-state index contributed by atoms with van der Waals surface area (Å²) in [4.78, 5) is 4.48. The van der Waals surface area contributed by atoms with Crippen LogP contribution in [0.5, 0.6) is 0 Å². The molecule has 3 rings (SSSR count). The minimum absolute atomic E-state index is 0. The van der Waals surface area contributed by atoms with Crippen molar-refractivity contribution in [2.24, 2.45) is 17.8 Å². The van der Waals surface area contributed by atoms with E-state index in [1.165, 1.54) is 35.4 Å². The third-order valence-electron chi connectivity index (χ3n) is 4.14. The van der Waals surface area contributed by atoms with Gasteiger partial charge in [0.25, 0.3) is 0 Å². The second-order valence-electron chi connectivity index (χ2n) is 5.90. The molecule has 0 radical (unpaired) electrons. The molecule has 0 atom stereocenters. The Bertz CT molecular complexity index is 705. The standard InChI is InChI=1S/C17H23N5.HI/c1-12-6-5-7-13(10-12)20-17(18)19-11-16-14-8-3-4-9-15(14)21-22(16)2;/h5-7,10H,3-4,8-9,11H2,1-2H3,(H3,18,19,20);1H. The number of fused-ring (bicyclic) bond motifs is 1. The molecule has 0 saturated carbocycles. The van der Waals surface area contributed by atoms with Gasteiger partial charge in [0, 0.05) is 12.7 Å². The highest BCUT2D eigenvalue weighted by Gasteiger charge is 2.18. The van der Waals surface area contributed by atoms with E-state index in [1.54, 1.807) is 0 Å². The molecule has 23 heavy (non-hydrogen) atoms. The fourth-order valence-corrected chi connectivity index (χ4v) is 3.02. The highest BCUT2D eigenvalue weighted by atomic mass is 127. The molecule has 1 aromatic carbocycles. The monoisotopic (exact) mass is 425 g/mol. The van der Waals surface area contributed by atoms with Crippen molar-refractivity contribution in [1.82, 2.24) is 9.78 Å². The number of nitrogens with one attached hydrogen (secondary N) is 1. The molecule has 3 N–H and O–H groups in total. The van der Waals surface area contributed by atoms with Gasteiger partial charge in [-0.15, -0.1) is 24.0 Å². The maximum absolute atomic E-state index is 6.01. The molecule has 0 saturated heterocycles. The maximum atomic E-state index is 6.01. The third kappa shape index (κ3) is 4.25. The summed E-state index contributed by atoms with van der Waals surface area (Å²) in [6, 6.07) is 8.10. The summed E-state index contributed by atoms with van der Waals surface area (Å²) in [6.07, 6.45) is 4.68. The van der Waals surface area contributed by atoms with Crippen molar-refractivity contribution < 1.29 is 0 Å². The second kappa shape index (κ2) is 7.81. The first kappa shape index (κ1) is 17.8. The van der Waals surface area contributed by atoms with Crippen molar-refractivity contribution in [3.05, 3.63) is 46.8 Å². The quantitative estimate of drug-likeness (QED) is 0.451. The van der Waals surface area contributed by atoms with Crippen LogP contribution in [0.1, 0.15) is 35.4 Å². The van der Waals surface area contributed by atoms with E-state index in [0.717, 1.165) is 18.5 Å². The van der Waals surface area contributed by atoms with Crippen LogP contribution >= 0.6 is 24.0 Å². The number of aliphatic imine (C=N–C) groups is 1. The lowest BCUT2D eigenvalue weighted by molar-refractivity contribution is 0.663. The molecule has 2 aromatic rings. The molecule has 5 nitrogen and oxygen atoms in total. The first-order chi connectivity index (χ1) is 10.6. The highest BCUT2D eigenvalue weighted by molar-refractivity contribution is 14.0. The molecule has 1 aliphatic carbocycles. The predicted molar refractivity (Wildman–Crippen MR) is 105 cm³/mol. The topological polar surface area (TPSA) is 68.2 Å². The minimum Gasteiger partial charge on any atom is -0.370 e. The summed E-state index contributed by atoms with van der Waals surface area (Å²) in [5.41, 5.74) is 12.0. The Kier molecular flexibility index (Phi) is 6.04. The van der Waals surface area contributed by atoms with Gasteiger partial charge in [0.05, 0.1) is 17.9 Å². The van der Waals surface area contributed by atoms with E-state index < -0.39 is 0 Å². The number of hydrogen-bond donors (Lipinski definition) is 2. The van der Waals surface area contributed by atoms with Crippen LogP contribution in [-0.2, 0) is 26.4 Å². The number of nitrogens with two attached hydrogens (primary N) is 1. The van der Waals surface area contributed by atoms with E-state index in [4.69, 9.17) is 5.73 Å². The van der Waals surface area contributed by atoms with Crippen molar-refractivity contribution in [3.63, 3.8) is 0 Å². The van der Waals surface area contributed by atoms with Gasteiger partial charge in [-0.3, -0.25) is 4.68 Å². The summed E-state index contributed by atoms with van der Waals surface area (Å²) in [6.45, 7) is 2.63. The van der Waals surface area contributed by atoms with Gasteiger partial charge in [0.2, 0.25) is 0 Å². The van der Waals surface area contributed by atoms with E-state index >= 15 is 0 Å². The summed E-state index contributed by atoms with van der Waals surface area (Å²) in [7, 11) is 1.99. The number of anilines is 1. The van der Waals surface area contributed by atoms with Crippen LogP contribution in [0.3, 0.4) is 0 Å². The molecule has 0 fully saturated rings. The molecule has 6 heteroatoms. The largest absolute Gasteiger partial charge is 0.370 e. The SMILES string of the molecule is Cc1cccc(NC(N)=NCc2c3c(nn2C)CCCC3)c1.I. The molecule has 0 spiro atoms. The van der Waals surface area contributed by atoms with Crippen LogP contribution in [0.2, 0.25) is 0 Å². The van der Waals surface area contributed by atoms with Crippen molar-refractivity contribution in [1.29, 1.82) is 0 Å². The van der Waals surface area contributed by atoms with E-state index in [2.05, 4.69) is 28.4 Å². The van der Waals surface area contributed by atoms with Crippen LogP contribution in [0.25, 0.3) is 0 Å². The van der Waals surface area contributed by atoms with Crippen molar-refractivity contribution >= 4 is 35.6 Å². The summed E-state index contributed by atoms with van der Waals surface area (Å²) >= 11 is 0. The molecule has 0 amide bonds. The zero-order valence-electron chi connectivity index (χ0n) is 13.7. The second-order valence-corrected chi connectivity index (χ2v) is 5.90. The van der Waals surface area contributed by atoms with Gasteiger partial charge < -0.3 is 11.1 Å². The van der Waals surface area contributed by atoms with Gasteiger partial charge in [-0.1, -0.05) is 12.1 Å². The normalized spacial score (nSPS) is 14.1. The molecule has 1 heterocycles. The van der Waals surface area contributed by atoms with Gasteiger partial charge in [-0.05, 0) is 55.9 Å². The minimum atomic E-state index is 0. The summed E-state index contributed by atoms with van der Waals surface area (Å²) in [5.74, 6) is 0.441. The molecule has 1 aliphatic rings. The van der Waals surface area contributed by atoms with Crippen molar-refractivity contribution in [2.75, 3.05) is 5.32 Å². The zero-order chi connectivity index (χ0) is 15.5. The Morgan fingerprint density at radius 3 is 2.91 bits per heavy atom. The Balaban J connectivity index is 0.00000192. The van der Waals surface area contributed by atoms with Crippen molar-refractivity contribution in [3.8, 4) is 0 Å². The number of aryl methyl sites for hydroxylation is 3. The lowest BCUT2D eigenvalue weighted by Gasteiger charge is -2.11. The highest BCUT2D eigenvalue weighted by Crippen LogP contribution is 2.24. The zero-order valence-corrected chi connectivity index (χ0v) is 16.0. The van der Waals surface area contributed by atoms with E-state index in [1.807, 2.05) is 29.9 Å². The van der Waals surface area contributed by atoms with Crippen LogP contribution in [-0.4, -0.2) is 15.7 Å². The van der Waals surface area contributed by atoms with Crippen LogP contribution in [0.15, 0.2) is 29.3 Å². The Hall–Kier alpha value is -1.57. The number of guanidine groups is 1. The fourth-order valence-electron chi connectivity index (χ4n) is 3.02.